The van der Waals surface area contributed by atoms with Crippen molar-refractivity contribution in [1.82, 2.24) is 9.80 Å². The van der Waals surface area contributed by atoms with Crippen molar-refractivity contribution in [2.24, 2.45) is 10.9 Å². The van der Waals surface area contributed by atoms with Gasteiger partial charge in [-0.1, -0.05) is 29.8 Å². The van der Waals surface area contributed by atoms with Gasteiger partial charge in [0.05, 0.1) is 31.5 Å². The first kappa shape index (κ1) is 29.0. The molecule has 2 aromatic rings. The van der Waals surface area contributed by atoms with Crippen LogP contribution < -0.4 is 0 Å². The quantitative estimate of drug-likeness (QED) is 0.423. The van der Waals surface area contributed by atoms with Crippen LogP contribution in [0.15, 0.2) is 57.1 Å². The third-order valence-corrected chi connectivity index (χ3v) is 7.60. The van der Waals surface area contributed by atoms with Gasteiger partial charge in [-0.2, -0.15) is 0 Å². The first-order valence-electron chi connectivity index (χ1n) is 13.1. The van der Waals surface area contributed by atoms with Gasteiger partial charge in [-0.15, -0.1) is 0 Å². The van der Waals surface area contributed by atoms with Crippen LogP contribution in [0.1, 0.15) is 43.0 Å². The van der Waals surface area contributed by atoms with Crippen LogP contribution in [0.2, 0.25) is 5.02 Å². The number of likely N-dealkylation sites (N-methyl/N-ethyl adjacent to an activating group) is 1. The average Bonchev–Trinajstić information content (AvgIpc) is 3.38. The van der Waals surface area contributed by atoms with Gasteiger partial charge >= 0.3 is 11.9 Å². The van der Waals surface area contributed by atoms with Crippen molar-refractivity contribution in [3.05, 3.63) is 69.8 Å². The van der Waals surface area contributed by atoms with Crippen molar-refractivity contribution in [2.45, 2.75) is 32.4 Å². The standard InChI is InChI=1S/C29H36ClN3O6/c1-6-38-29(35)25-24(20-9-7-8-10-21(20)30)23(28(34)37-5)18(2)31-26(25)27(36-4)22-12-11-19(39-22)17-33-15-13-32(3)14-16-33/h7-12,23-24,27H,6,13-17H2,1-5H3. The van der Waals surface area contributed by atoms with Gasteiger partial charge in [0, 0.05) is 49.9 Å². The van der Waals surface area contributed by atoms with E-state index in [9.17, 15) is 9.59 Å². The lowest BCUT2D eigenvalue weighted by Crippen LogP contribution is -2.43. The summed E-state index contributed by atoms with van der Waals surface area (Å²) in [7, 11) is 4.96. The lowest BCUT2D eigenvalue weighted by molar-refractivity contribution is -0.144. The summed E-state index contributed by atoms with van der Waals surface area (Å²) in [4.78, 5) is 36.0. The van der Waals surface area contributed by atoms with E-state index in [-0.39, 0.29) is 12.2 Å². The number of nitrogens with zero attached hydrogens (tertiary/aromatic N) is 3. The minimum atomic E-state index is -0.875. The van der Waals surface area contributed by atoms with Gasteiger partial charge in [0.1, 0.15) is 17.4 Å². The number of aliphatic imine (C=N–C) groups is 1. The molecule has 0 N–H and O–H groups in total. The van der Waals surface area contributed by atoms with Gasteiger partial charge < -0.3 is 23.5 Å². The molecule has 1 fully saturated rings. The number of halogens is 1. The molecule has 4 rings (SSSR count). The molecule has 3 atom stereocenters. The van der Waals surface area contributed by atoms with E-state index in [4.69, 9.17) is 35.2 Å². The fraction of sp³-hybridized carbons (Fsp3) is 0.483. The highest BCUT2D eigenvalue weighted by molar-refractivity contribution is 6.31. The zero-order chi connectivity index (χ0) is 28.1. The summed E-state index contributed by atoms with van der Waals surface area (Å²) in [6.45, 7) is 8.19. The Bertz CT molecular complexity index is 1250. The molecule has 0 saturated carbocycles. The second-order valence-corrected chi connectivity index (χ2v) is 10.2. The van der Waals surface area contributed by atoms with Crippen LogP contribution in [0.5, 0.6) is 0 Å². The maximum atomic E-state index is 13.6. The summed E-state index contributed by atoms with van der Waals surface area (Å²) in [6, 6.07) is 10.9. The van der Waals surface area contributed by atoms with Crippen LogP contribution in [-0.4, -0.2) is 81.5 Å². The molecule has 0 bridgehead atoms. The molecule has 2 aliphatic heterocycles. The van der Waals surface area contributed by atoms with Gasteiger partial charge in [0.15, 0.2) is 6.10 Å². The van der Waals surface area contributed by atoms with Crippen LogP contribution in [0, 0.1) is 5.92 Å². The molecule has 1 aromatic carbocycles. The molecule has 0 aliphatic carbocycles. The van der Waals surface area contributed by atoms with Gasteiger partial charge in [-0.3, -0.25) is 14.7 Å². The molecular formula is C29H36ClN3O6. The molecule has 9 nitrogen and oxygen atoms in total. The predicted molar refractivity (Wildman–Crippen MR) is 148 cm³/mol. The highest BCUT2D eigenvalue weighted by Crippen LogP contribution is 2.46. The first-order chi connectivity index (χ1) is 18.8. The summed E-state index contributed by atoms with van der Waals surface area (Å²) >= 11 is 6.62. The Morgan fingerprint density at radius 3 is 2.49 bits per heavy atom. The van der Waals surface area contributed by atoms with Crippen molar-refractivity contribution < 1.29 is 28.2 Å². The van der Waals surface area contributed by atoms with Crippen molar-refractivity contribution in [3.8, 4) is 0 Å². The molecule has 1 aromatic heterocycles. The number of ether oxygens (including phenoxy) is 3. The van der Waals surface area contributed by atoms with Crippen LogP contribution in [0.25, 0.3) is 0 Å². The zero-order valence-corrected chi connectivity index (χ0v) is 23.9. The second kappa shape index (κ2) is 12.9. The van der Waals surface area contributed by atoms with E-state index in [1.54, 1.807) is 32.0 Å². The number of hydrogen-bond acceptors (Lipinski definition) is 9. The summed E-state index contributed by atoms with van der Waals surface area (Å²) in [6.07, 6.45) is -0.816. The van der Waals surface area contributed by atoms with E-state index in [0.717, 1.165) is 31.9 Å². The monoisotopic (exact) mass is 557 g/mol. The summed E-state index contributed by atoms with van der Waals surface area (Å²) in [5.41, 5.74) is 1.57. The molecule has 3 unspecified atom stereocenters. The number of esters is 2. The van der Waals surface area contributed by atoms with Crippen molar-refractivity contribution >= 4 is 29.3 Å². The van der Waals surface area contributed by atoms with Gasteiger partial charge in [-0.25, -0.2) is 4.79 Å². The Morgan fingerprint density at radius 2 is 1.85 bits per heavy atom. The molecule has 3 heterocycles. The molecule has 10 heteroatoms. The van der Waals surface area contributed by atoms with E-state index < -0.39 is 29.9 Å². The van der Waals surface area contributed by atoms with Crippen molar-refractivity contribution in [2.75, 3.05) is 54.1 Å². The largest absolute Gasteiger partial charge is 0.468 e. The number of hydrogen-bond donors (Lipinski definition) is 0. The number of methoxy groups -OCH3 is 2. The van der Waals surface area contributed by atoms with E-state index >= 15 is 0 Å². The van der Waals surface area contributed by atoms with E-state index in [0.29, 0.717) is 34.3 Å². The van der Waals surface area contributed by atoms with E-state index in [1.165, 1.54) is 14.2 Å². The van der Waals surface area contributed by atoms with E-state index in [2.05, 4.69) is 16.8 Å². The highest BCUT2D eigenvalue weighted by Gasteiger charge is 2.45. The lowest BCUT2D eigenvalue weighted by atomic mass is 9.74. The summed E-state index contributed by atoms with van der Waals surface area (Å²) < 4.78 is 22.8. The van der Waals surface area contributed by atoms with Crippen LogP contribution in [0.3, 0.4) is 0 Å². The lowest BCUT2D eigenvalue weighted by Gasteiger charge is -2.33. The third-order valence-electron chi connectivity index (χ3n) is 7.26. The first-order valence-corrected chi connectivity index (χ1v) is 13.5. The fourth-order valence-electron chi connectivity index (χ4n) is 5.23. The minimum absolute atomic E-state index is 0.143. The van der Waals surface area contributed by atoms with Gasteiger partial charge in [0.2, 0.25) is 0 Å². The summed E-state index contributed by atoms with van der Waals surface area (Å²) in [5.74, 6) is -1.50. The van der Waals surface area contributed by atoms with E-state index in [1.807, 2.05) is 18.2 Å². The smallest absolute Gasteiger partial charge is 0.336 e. The zero-order valence-electron chi connectivity index (χ0n) is 23.1. The van der Waals surface area contributed by atoms with Gasteiger partial charge in [-0.05, 0) is 44.7 Å². The molecule has 39 heavy (non-hydrogen) atoms. The van der Waals surface area contributed by atoms with Crippen LogP contribution >= 0.6 is 11.6 Å². The Kier molecular flexibility index (Phi) is 9.61. The van der Waals surface area contributed by atoms with Crippen molar-refractivity contribution in [1.29, 1.82) is 0 Å². The Labute approximate surface area is 234 Å². The topological polar surface area (TPSA) is 93.8 Å². The number of piperazine rings is 1. The SMILES string of the molecule is CCOC(=O)C1=C(C(OC)c2ccc(CN3CCN(C)CC3)o2)N=C(C)C(C(=O)OC)C1c1ccccc1Cl. The molecule has 0 amide bonds. The number of rotatable bonds is 9. The molecule has 210 valence electrons. The Balaban J connectivity index is 1.80. The maximum Gasteiger partial charge on any atom is 0.336 e. The molecule has 0 spiro atoms. The molecule has 1 saturated heterocycles. The number of benzene rings is 1. The maximum absolute atomic E-state index is 13.6. The average molecular weight is 558 g/mol. The molecule has 2 aliphatic rings. The highest BCUT2D eigenvalue weighted by atomic mass is 35.5. The van der Waals surface area contributed by atoms with Gasteiger partial charge in [0.25, 0.3) is 0 Å². The summed E-state index contributed by atoms with van der Waals surface area (Å²) in [5, 5.41) is 0.411. The Hall–Kier alpha value is -2.98. The van der Waals surface area contributed by atoms with Crippen LogP contribution in [0.4, 0.5) is 0 Å². The molecular weight excluding hydrogens is 522 g/mol. The Morgan fingerprint density at radius 1 is 1.13 bits per heavy atom. The number of carbonyl (C=O) groups excluding carboxylic acids is 2. The second-order valence-electron chi connectivity index (χ2n) is 9.77. The van der Waals surface area contributed by atoms with Crippen LogP contribution in [-0.2, 0) is 30.3 Å². The minimum Gasteiger partial charge on any atom is -0.468 e. The number of furan rings is 1. The normalized spacial score (nSPS) is 21.4. The number of carbonyl (C=O) groups is 2. The fourth-order valence-corrected chi connectivity index (χ4v) is 5.49. The molecule has 0 radical (unpaired) electrons. The predicted octanol–water partition coefficient (Wildman–Crippen LogP) is 4.23. The third kappa shape index (κ3) is 6.27. The van der Waals surface area contributed by atoms with Crippen molar-refractivity contribution in [3.63, 3.8) is 0 Å².